The number of pyridine rings is 2. The SMILES string of the molecule is CCC(=O)Nc1cncc(-c2ccc3[nH]nc(-c4cc5c(-c6ccsc6)ccnc5[nH]4)c3c2)c1. The summed E-state index contributed by atoms with van der Waals surface area (Å²) in [6.45, 7) is 1.82. The van der Waals surface area contributed by atoms with Crippen molar-refractivity contribution in [3.8, 4) is 33.6 Å². The third kappa shape index (κ3) is 3.54. The number of anilines is 1. The minimum Gasteiger partial charge on any atom is -0.338 e. The molecule has 7 nitrogen and oxygen atoms in total. The van der Waals surface area contributed by atoms with E-state index in [2.05, 4.69) is 59.4 Å². The molecule has 5 heterocycles. The molecule has 34 heavy (non-hydrogen) atoms. The van der Waals surface area contributed by atoms with E-state index in [9.17, 15) is 4.79 Å². The molecule has 166 valence electrons. The zero-order chi connectivity index (χ0) is 23.1. The fourth-order valence-corrected chi connectivity index (χ4v) is 4.79. The highest BCUT2D eigenvalue weighted by atomic mass is 32.1. The maximum Gasteiger partial charge on any atom is 0.224 e. The van der Waals surface area contributed by atoms with E-state index in [4.69, 9.17) is 0 Å². The van der Waals surface area contributed by atoms with Crippen LogP contribution in [0.1, 0.15) is 13.3 Å². The normalized spacial score (nSPS) is 11.3. The molecular weight excluding hydrogens is 444 g/mol. The van der Waals surface area contributed by atoms with Crippen LogP contribution in [0, 0.1) is 0 Å². The van der Waals surface area contributed by atoms with Gasteiger partial charge in [0.1, 0.15) is 11.3 Å². The number of hydrogen-bond acceptors (Lipinski definition) is 5. The van der Waals surface area contributed by atoms with Crippen LogP contribution in [0.2, 0.25) is 0 Å². The van der Waals surface area contributed by atoms with Crippen LogP contribution in [-0.2, 0) is 4.79 Å². The van der Waals surface area contributed by atoms with E-state index in [0.29, 0.717) is 12.1 Å². The fourth-order valence-electron chi connectivity index (χ4n) is 4.14. The topological polar surface area (TPSA) is 99.3 Å². The number of rotatable bonds is 5. The molecule has 3 N–H and O–H groups in total. The fraction of sp³-hybridized carbons (Fsp3) is 0.0769. The van der Waals surface area contributed by atoms with Gasteiger partial charge in [-0.3, -0.25) is 14.9 Å². The number of H-pyrrole nitrogens is 2. The monoisotopic (exact) mass is 464 g/mol. The second-order valence-electron chi connectivity index (χ2n) is 8.01. The van der Waals surface area contributed by atoms with Gasteiger partial charge in [-0.15, -0.1) is 0 Å². The summed E-state index contributed by atoms with van der Waals surface area (Å²) < 4.78 is 0. The number of carbonyl (C=O) groups excluding carboxylic acids is 1. The molecule has 1 aromatic carbocycles. The second-order valence-corrected chi connectivity index (χ2v) is 8.79. The lowest BCUT2D eigenvalue weighted by atomic mass is 10.0. The van der Waals surface area contributed by atoms with E-state index in [1.54, 1.807) is 23.7 Å². The zero-order valence-corrected chi connectivity index (χ0v) is 19.1. The van der Waals surface area contributed by atoms with E-state index >= 15 is 0 Å². The highest BCUT2D eigenvalue weighted by Gasteiger charge is 2.15. The summed E-state index contributed by atoms with van der Waals surface area (Å²) in [4.78, 5) is 24.1. The van der Waals surface area contributed by atoms with Gasteiger partial charge in [0.15, 0.2) is 0 Å². The van der Waals surface area contributed by atoms with Gasteiger partial charge >= 0.3 is 0 Å². The molecule has 1 amide bonds. The highest BCUT2D eigenvalue weighted by Crippen LogP contribution is 2.35. The number of benzene rings is 1. The van der Waals surface area contributed by atoms with Crippen molar-refractivity contribution in [3.05, 3.63) is 71.8 Å². The smallest absolute Gasteiger partial charge is 0.224 e. The Hall–Kier alpha value is -4.30. The zero-order valence-electron chi connectivity index (χ0n) is 18.3. The van der Waals surface area contributed by atoms with Crippen LogP contribution in [0.4, 0.5) is 5.69 Å². The Labute approximate surface area is 198 Å². The Kier molecular flexibility index (Phi) is 4.92. The molecule has 0 bridgehead atoms. The molecule has 0 unspecified atom stereocenters. The molecule has 0 aliphatic heterocycles. The molecular formula is C26H20N6OS. The number of carbonyl (C=O) groups is 1. The standard InChI is InChI=1S/C26H20N6OS/c1-2-24(33)29-18-9-17(12-27-13-18)15-3-4-22-21(10-15)25(32-31-22)23-11-20-19(16-6-8-34-14-16)5-7-28-26(20)30-23/h3-14H,2H2,1H3,(H,28,30)(H,29,33)(H,31,32). The molecule has 0 fully saturated rings. The lowest BCUT2D eigenvalue weighted by molar-refractivity contribution is -0.115. The third-order valence-corrected chi connectivity index (χ3v) is 6.54. The van der Waals surface area contributed by atoms with E-state index < -0.39 is 0 Å². The summed E-state index contributed by atoms with van der Waals surface area (Å²) in [5.74, 6) is -0.0410. The molecule has 0 spiro atoms. The molecule has 8 heteroatoms. The van der Waals surface area contributed by atoms with Crippen molar-refractivity contribution in [1.82, 2.24) is 25.1 Å². The molecule has 0 aliphatic carbocycles. The first-order valence-corrected chi connectivity index (χ1v) is 11.9. The molecule has 5 aromatic heterocycles. The van der Waals surface area contributed by atoms with E-state index in [1.165, 1.54) is 5.56 Å². The maximum absolute atomic E-state index is 11.8. The van der Waals surface area contributed by atoms with Crippen molar-refractivity contribution in [2.45, 2.75) is 13.3 Å². The Morgan fingerprint density at radius 1 is 1.03 bits per heavy atom. The number of aromatic nitrogens is 5. The van der Waals surface area contributed by atoms with E-state index in [0.717, 1.165) is 50.0 Å². The van der Waals surface area contributed by atoms with Crippen molar-refractivity contribution in [1.29, 1.82) is 0 Å². The van der Waals surface area contributed by atoms with Crippen molar-refractivity contribution < 1.29 is 4.79 Å². The lowest BCUT2D eigenvalue weighted by Gasteiger charge is -2.06. The van der Waals surface area contributed by atoms with Crippen LogP contribution in [0.15, 0.2) is 71.8 Å². The largest absolute Gasteiger partial charge is 0.338 e. The van der Waals surface area contributed by atoms with E-state index in [-0.39, 0.29) is 5.91 Å². The van der Waals surface area contributed by atoms with Gasteiger partial charge in [-0.2, -0.15) is 16.4 Å². The van der Waals surface area contributed by atoms with Crippen LogP contribution < -0.4 is 5.32 Å². The van der Waals surface area contributed by atoms with Gasteiger partial charge in [-0.25, -0.2) is 4.98 Å². The number of nitrogens with zero attached hydrogens (tertiary/aromatic N) is 3. The Bertz CT molecular complexity index is 1650. The number of aromatic amines is 2. The van der Waals surface area contributed by atoms with E-state index in [1.807, 2.05) is 37.4 Å². The highest BCUT2D eigenvalue weighted by molar-refractivity contribution is 7.08. The van der Waals surface area contributed by atoms with Crippen LogP contribution in [-0.4, -0.2) is 31.1 Å². The van der Waals surface area contributed by atoms with Gasteiger partial charge < -0.3 is 10.3 Å². The summed E-state index contributed by atoms with van der Waals surface area (Å²) in [6, 6.07) is 14.3. The second kappa shape index (κ2) is 8.24. The van der Waals surface area contributed by atoms with Crippen molar-refractivity contribution >= 4 is 44.9 Å². The average molecular weight is 465 g/mol. The van der Waals surface area contributed by atoms with Gasteiger partial charge in [-0.1, -0.05) is 13.0 Å². The van der Waals surface area contributed by atoms with Crippen LogP contribution >= 0.6 is 11.3 Å². The molecule has 0 saturated carbocycles. The first kappa shape index (κ1) is 20.3. The lowest BCUT2D eigenvalue weighted by Crippen LogP contribution is -2.09. The Morgan fingerprint density at radius 3 is 2.82 bits per heavy atom. The number of amides is 1. The van der Waals surface area contributed by atoms with Crippen molar-refractivity contribution in [2.75, 3.05) is 5.32 Å². The first-order valence-electron chi connectivity index (χ1n) is 10.9. The summed E-state index contributed by atoms with van der Waals surface area (Å²) in [5, 5.41) is 16.9. The number of nitrogens with one attached hydrogen (secondary N) is 3. The molecule has 0 saturated heterocycles. The predicted octanol–water partition coefficient (Wildman–Crippen LogP) is 6.25. The average Bonchev–Trinajstić information content (AvgIpc) is 3.62. The number of fused-ring (bicyclic) bond motifs is 2. The quantitative estimate of drug-likeness (QED) is 0.281. The van der Waals surface area contributed by atoms with Crippen LogP contribution in [0.5, 0.6) is 0 Å². The van der Waals surface area contributed by atoms with Crippen LogP contribution in [0.3, 0.4) is 0 Å². The molecule has 0 aliphatic rings. The van der Waals surface area contributed by atoms with Gasteiger partial charge in [0, 0.05) is 35.2 Å². The predicted molar refractivity (Wildman–Crippen MR) is 137 cm³/mol. The molecule has 6 rings (SSSR count). The summed E-state index contributed by atoms with van der Waals surface area (Å²) in [7, 11) is 0. The summed E-state index contributed by atoms with van der Waals surface area (Å²) >= 11 is 1.68. The number of thiophene rings is 1. The minimum atomic E-state index is -0.0410. The van der Waals surface area contributed by atoms with Crippen LogP contribution in [0.25, 0.3) is 55.6 Å². The Balaban J connectivity index is 1.43. The molecule has 0 radical (unpaired) electrons. The molecule has 0 atom stereocenters. The summed E-state index contributed by atoms with van der Waals surface area (Å²) in [5.41, 5.74) is 8.40. The van der Waals surface area contributed by atoms with Crippen molar-refractivity contribution in [2.24, 2.45) is 0 Å². The minimum absolute atomic E-state index is 0.0410. The number of hydrogen-bond donors (Lipinski definition) is 3. The van der Waals surface area contributed by atoms with Crippen molar-refractivity contribution in [3.63, 3.8) is 0 Å². The van der Waals surface area contributed by atoms with Gasteiger partial charge in [-0.05, 0) is 63.8 Å². The first-order chi connectivity index (χ1) is 16.7. The third-order valence-electron chi connectivity index (χ3n) is 5.86. The van der Waals surface area contributed by atoms with Gasteiger partial charge in [0.05, 0.1) is 23.1 Å². The maximum atomic E-state index is 11.8. The molecule has 6 aromatic rings. The van der Waals surface area contributed by atoms with Gasteiger partial charge in [0.25, 0.3) is 0 Å². The Morgan fingerprint density at radius 2 is 1.97 bits per heavy atom. The van der Waals surface area contributed by atoms with Gasteiger partial charge in [0.2, 0.25) is 5.91 Å². The summed E-state index contributed by atoms with van der Waals surface area (Å²) in [6.07, 6.45) is 5.69.